The zero-order chi connectivity index (χ0) is 21.5. The van der Waals surface area contributed by atoms with Crippen LogP contribution in [0.2, 0.25) is 0 Å². The fourth-order valence-electron chi connectivity index (χ4n) is 4.02. The van der Waals surface area contributed by atoms with E-state index in [2.05, 4.69) is 4.90 Å². The van der Waals surface area contributed by atoms with Crippen molar-refractivity contribution >= 4 is 21.6 Å². The number of benzene rings is 2. The summed E-state index contributed by atoms with van der Waals surface area (Å²) in [5.41, 5.74) is 1.20. The molecule has 1 fully saturated rings. The molecule has 0 aromatic heterocycles. The average Bonchev–Trinajstić information content (AvgIpc) is 2.74. The van der Waals surface area contributed by atoms with Crippen molar-refractivity contribution in [1.29, 1.82) is 0 Å². The summed E-state index contributed by atoms with van der Waals surface area (Å²) in [5, 5.41) is 0. The summed E-state index contributed by atoms with van der Waals surface area (Å²) in [6.07, 6.45) is 0.884. The fraction of sp³-hybridized carbons (Fsp3) is 0.381. The SMILES string of the molecule is CN1CCN(C(=O)C2CCc3ccccc3N2S(=O)(=O)c2ccc(F)c(F)c2)CC1. The van der Waals surface area contributed by atoms with Gasteiger partial charge in [-0.2, -0.15) is 0 Å². The second-order valence-corrected chi connectivity index (χ2v) is 9.50. The Bertz CT molecular complexity index is 1070. The Balaban J connectivity index is 1.77. The predicted octanol–water partition coefficient (Wildman–Crippen LogP) is 2.25. The monoisotopic (exact) mass is 435 g/mol. The summed E-state index contributed by atoms with van der Waals surface area (Å²) in [5.74, 6) is -2.63. The minimum absolute atomic E-state index is 0.260. The van der Waals surface area contributed by atoms with Gasteiger partial charge in [-0.15, -0.1) is 0 Å². The largest absolute Gasteiger partial charge is 0.338 e. The number of nitrogens with zero attached hydrogens (tertiary/aromatic N) is 3. The van der Waals surface area contributed by atoms with Gasteiger partial charge in [0.2, 0.25) is 5.91 Å². The lowest BCUT2D eigenvalue weighted by atomic mass is 9.97. The van der Waals surface area contributed by atoms with Crippen LogP contribution in [0.5, 0.6) is 0 Å². The standard InChI is InChI=1S/C21H23F2N3O3S/c1-24-10-12-25(13-11-24)21(27)20-9-6-15-4-2-3-5-19(15)26(20)30(28,29)16-7-8-17(22)18(23)14-16/h2-5,7-8,14,20H,6,9-13H2,1H3. The van der Waals surface area contributed by atoms with Crippen LogP contribution in [0, 0.1) is 11.6 Å². The normalized spacial score (nSPS) is 20.2. The lowest BCUT2D eigenvalue weighted by molar-refractivity contribution is -0.134. The van der Waals surface area contributed by atoms with E-state index in [4.69, 9.17) is 0 Å². The molecule has 2 heterocycles. The number of hydrogen-bond acceptors (Lipinski definition) is 4. The third-order valence-electron chi connectivity index (χ3n) is 5.75. The molecular weight excluding hydrogens is 412 g/mol. The Kier molecular flexibility index (Phi) is 5.50. The van der Waals surface area contributed by atoms with Crippen molar-refractivity contribution < 1.29 is 22.0 Å². The molecule has 2 aromatic carbocycles. The fourth-order valence-corrected chi connectivity index (χ4v) is 5.71. The minimum Gasteiger partial charge on any atom is -0.338 e. The topological polar surface area (TPSA) is 60.9 Å². The van der Waals surface area contributed by atoms with E-state index in [0.717, 1.165) is 22.0 Å². The Morgan fingerprint density at radius 1 is 1.00 bits per heavy atom. The molecule has 1 amide bonds. The molecule has 0 spiro atoms. The maximum absolute atomic E-state index is 13.8. The molecule has 1 unspecified atom stereocenters. The smallest absolute Gasteiger partial charge is 0.265 e. The Labute approximate surface area is 174 Å². The predicted molar refractivity (Wildman–Crippen MR) is 109 cm³/mol. The van der Waals surface area contributed by atoms with Crippen LogP contribution >= 0.6 is 0 Å². The third kappa shape index (κ3) is 3.67. The van der Waals surface area contributed by atoms with Crippen molar-refractivity contribution in [1.82, 2.24) is 9.80 Å². The number of carbonyl (C=O) groups excluding carboxylic acids is 1. The molecular formula is C21H23F2N3O3S. The number of amides is 1. The van der Waals surface area contributed by atoms with Gasteiger partial charge in [0.15, 0.2) is 11.6 Å². The molecule has 9 heteroatoms. The number of aryl methyl sites for hydroxylation is 1. The van der Waals surface area contributed by atoms with Gasteiger partial charge in [0, 0.05) is 26.2 Å². The molecule has 1 atom stereocenters. The van der Waals surface area contributed by atoms with Crippen molar-refractivity contribution in [2.75, 3.05) is 37.5 Å². The van der Waals surface area contributed by atoms with Crippen molar-refractivity contribution in [3.63, 3.8) is 0 Å². The first-order valence-corrected chi connectivity index (χ1v) is 11.3. The van der Waals surface area contributed by atoms with Gasteiger partial charge in [-0.3, -0.25) is 9.10 Å². The van der Waals surface area contributed by atoms with E-state index < -0.39 is 27.7 Å². The first-order valence-electron chi connectivity index (χ1n) is 9.84. The highest BCUT2D eigenvalue weighted by Crippen LogP contribution is 2.36. The minimum atomic E-state index is -4.29. The van der Waals surface area contributed by atoms with E-state index in [1.807, 2.05) is 19.2 Å². The van der Waals surface area contributed by atoms with Gasteiger partial charge >= 0.3 is 0 Å². The zero-order valence-electron chi connectivity index (χ0n) is 16.6. The number of anilines is 1. The number of para-hydroxylation sites is 1. The molecule has 2 aromatic rings. The Morgan fingerprint density at radius 3 is 2.40 bits per heavy atom. The first-order chi connectivity index (χ1) is 14.3. The molecule has 2 aliphatic heterocycles. The van der Waals surface area contributed by atoms with E-state index in [-0.39, 0.29) is 10.8 Å². The molecule has 0 aliphatic carbocycles. The maximum Gasteiger partial charge on any atom is 0.265 e. The lowest BCUT2D eigenvalue weighted by Crippen LogP contribution is -2.56. The summed E-state index contributed by atoms with van der Waals surface area (Å²) < 4.78 is 55.4. The van der Waals surface area contributed by atoms with Gasteiger partial charge in [-0.05, 0) is 49.7 Å². The lowest BCUT2D eigenvalue weighted by Gasteiger charge is -2.41. The van der Waals surface area contributed by atoms with E-state index in [0.29, 0.717) is 50.8 Å². The summed E-state index contributed by atoms with van der Waals surface area (Å²) in [6.45, 7) is 2.47. The summed E-state index contributed by atoms with van der Waals surface area (Å²) in [4.78, 5) is 16.8. The number of piperazine rings is 1. The molecule has 0 N–H and O–H groups in total. The Morgan fingerprint density at radius 2 is 1.70 bits per heavy atom. The molecule has 30 heavy (non-hydrogen) atoms. The molecule has 0 bridgehead atoms. The van der Waals surface area contributed by atoms with Crippen LogP contribution in [-0.4, -0.2) is 63.4 Å². The van der Waals surface area contributed by atoms with Crippen molar-refractivity contribution in [2.24, 2.45) is 0 Å². The van der Waals surface area contributed by atoms with E-state index >= 15 is 0 Å². The number of halogens is 2. The molecule has 0 radical (unpaired) electrons. The number of hydrogen-bond donors (Lipinski definition) is 0. The molecule has 160 valence electrons. The van der Waals surface area contributed by atoms with Gasteiger partial charge in [-0.25, -0.2) is 17.2 Å². The summed E-state index contributed by atoms with van der Waals surface area (Å²) >= 11 is 0. The second-order valence-electron chi connectivity index (χ2n) is 7.69. The highest BCUT2D eigenvalue weighted by Gasteiger charge is 2.42. The molecule has 1 saturated heterocycles. The first kappa shape index (κ1) is 20.7. The van der Waals surface area contributed by atoms with E-state index in [9.17, 15) is 22.0 Å². The van der Waals surface area contributed by atoms with Gasteiger partial charge in [0.25, 0.3) is 10.0 Å². The van der Waals surface area contributed by atoms with Crippen LogP contribution in [0.1, 0.15) is 12.0 Å². The number of fused-ring (bicyclic) bond motifs is 1. The highest BCUT2D eigenvalue weighted by atomic mass is 32.2. The van der Waals surface area contributed by atoms with Gasteiger partial charge in [-0.1, -0.05) is 18.2 Å². The zero-order valence-corrected chi connectivity index (χ0v) is 17.4. The molecule has 4 rings (SSSR count). The highest BCUT2D eigenvalue weighted by molar-refractivity contribution is 7.93. The number of rotatable bonds is 3. The maximum atomic E-state index is 13.8. The quantitative estimate of drug-likeness (QED) is 0.742. The van der Waals surface area contributed by atoms with E-state index in [1.165, 1.54) is 0 Å². The summed E-state index contributed by atoms with van der Waals surface area (Å²) in [7, 11) is -2.32. The second kappa shape index (κ2) is 7.96. The van der Waals surface area contributed by atoms with Crippen molar-refractivity contribution in [3.8, 4) is 0 Å². The van der Waals surface area contributed by atoms with Crippen LogP contribution in [0.25, 0.3) is 0 Å². The summed E-state index contributed by atoms with van der Waals surface area (Å²) in [6, 6.07) is 8.53. The average molecular weight is 435 g/mol. The molecule has 2 aliphatic rings. The van der Waals surface area contributed by atoms with Crippen molar-refractivity contribution in [2.45, 2.75) is 23.8 Å². The van der Waals surface area contributed by atoms with Gasteiger partial charge < -0.3 is 9.80 Å². The molecule has 0 saturated carbocycles. The van der Waals surface area contributed by atoms with Crippen LogP contribution in [0.4, 0.5) is 14.5 Å². The van der Waals surface area contributed by atoms with Crippen LogP contribution in [0.15, 0.2) is 47.4 Å². The van der Waals surface area contributed by atoms with Crippen LogP contribution < -0.4 is 4.31 Å². The Hall–Kier alpha value is -2.52. The number of carbonyl (C=O) groups is 1. The van der Waals surface area contributed by atoms with E-state index in [1.54, 1.807) is 17.0 Å². The van der Waals surface area contributed by atoms with Crippen LogP contribution in [-0.2, 0) is 21.2 Å². The number of sulfonamides is 1. The molecule has 6 nitrogen and oxygen atoms in total. The van der Waals surface area contributed by atoms with Gasteiger partial charge in [0.05, 0.1) is 10.6 Å². The van der Waals surface area contributed by atoms with Crippen LogP contribution in [0.3, 0.4) is 0 Å². The van der Waals surface area contributed by atoms with Gasteiger partial charge in [0.1, 0.15) is 6.04 Å². The van der Waals surface area contributed by atoms with Crippen molar-refractivity contribution in [3.05, 3.63) is 59.7 Å². The number of likely N-dealkylation sites (N-methyl/N-ethyl adjacent to an activating group) is 1. The third-order valence-corrected chi connectivity index (χ3v) is 7.57.